The molecule has 0 aromatic heterocycles. The Balaban J connectivity index is 1.83. The van der Waals surface area contributed by atoms with E-state index in [9.17, 15) is 18.8 Å². The van der Waals surface area contributed by atoms with Crippen LogP contribution in [-0.4, -0.2) is 60.6 Å². The van der Waals surface area contributed by atoms with E-state index in [2.05, 4.69) is 5.32 Å². The van der Waals surface area contributed by atoms with Crippen LogP contribution >= 0.6 is 0 Å². The van der Waals surface area contributed by atoms with Gasteiger partial charge in [0.15, 0.2) is 0 Å². The van der Waals surface area contributed by atoms with Gasteiger partial charge in [-0.3, -0.25) is 9.59 Å². The Hall–Kier alpha value is -2.48. The summed E-state index contributed by atoms with van der Waals surface area (Å²) in [5.74, 6) is -2.79. The predicted molar refractivity (Wildman–Crippen MR) is 96.1 cm³/mol. The number of hydrogen-bond acceptors (Lipinski definition) is 4. The lowest BCUT2D eigenvalue weighted by atomic mass is 9.95. The Morgan fingerprint density at radius 2 is 2.00 bits per heavy atom. The molecule has 1 aromatic carbocycles. The number of carboxylic acid groups (broad SMARTS) is 1. The van der Waals surface area contributed by atoms with E-state index >= 15 is 0 Å². The van der Waals surface area contributed by atoms with E-state index in [1.165, 1.54) is 17.0 Å². The van der Waals surface area contributed by atoms with Crippen molar-refractivity contribution in [3.8, 4) is 0 Å². The molecular weight excluding hydrogens is 355 g/mol. The number of ether oxygens (including phenoxy) is 1. The molecule has 0 spiro atoms. The number of likely N-dealkylation sites (tertiary alicyclic amines) is 1. The average Bonchev–Trinajstić information content (AvgIpc) is 2.67. The summed E-state index contributed by atoms with van der Waals surface area (Å²) in [6.45, 7) is 4.45. The standard InChI is InChI=1S/C19H25FN2O5/c1-2-27-11-3-8-21-17(23)13-6-9-22(10-7-13)18(24)15-5-4-14(19(25)26)12-16(15)20/h4-5,12-13H,2-3,6-11H2,1H3,(H,21,23)(H,25,26). The van der Waals surface area contributed by atoms with Gasteiger partial charge in [-0.15, -0.1) is 0 Å². The minimum atomic E-state index is -1.25. The molecule has 1 aliphatic rings. The van der Waals surface area contributed by atoms with Crippen molar-refractivity contribution in [3.63, 3.8) is 0 Å². The lowest BCUT2D eigenvalue weighted by Gasteiger charge is -2.31. The summed E-state index contributed by atoms with van der Waals surface area (Å²) in [5.41, 5.74) is -0.359. The first-order valence-corrected chi connectivity index (χ1v) is 9.11. The quantitative estimate of drug-likeness (QED) is 0.672. The van der Waals surface area contributed by atoms with Crippen LogP contribution in [0.25, 0.3) is 0 Å². The fraction of sp³-hybridized carbons (Fsp3) is 0.526. The summed E-state index contributed by atoms with van der Waals surface area (Å²) in [6, 6.07) is 3.25. The van der Waals surface area contributed by atoms with Crippen molar-refractivity contribution >= 4 is 17.8 Å². The molecule has 0 aliphatic carbocycles. The molecule has 1 aromatic rings. The molecule has 0 saturated carbocycles. The molecule has 2 rings (SSSR count). The van der Waals surface area contributed by atoms with Crippen molar-refractivity contribution in [1.82, 2.24) is 10.2 Å². The maximum Gasteiger partial charge on any atom is 0.335 e. The topological polar surface area (TPSA) is 95.9 Å². The van der Waals surface area contributed by atoms with Gasteiger partial charge in [-0.2, -0.15) is 0 Å². The zero-order valence-corrected chi connectivity index (χ0v) is 15.4. The molecule has 0 unspecified atom stereocenters. The maximum atomic E-state index is 14.1. The third-order valence-corrected chi connectivity index (χ3v) is 4.57. The highest BCUT2D eigenvalue weighted by molar-refractivity contribution is 5.96. The van der Waals surface area contributed by atoms with Gasteiger partial charge in [0.2, 0.25) is 5.91 Å². The number of amides is 2. The molecular formula is C19H25FN2O5. The predicted octanol–water partition coefficient (Wildman–Crippen LogP) is 1.92. The summed E-state index contributed by atoms with van der Waals surface area (Å²) in [6.07, 6.45) is 1.78. The Morgan fingerprint density at radius 3 is 2.59 bits per heavy atom. The van der Waals surface area contributed by atoms with Crippen molar-refractivity contribution in [2.45, 2.75) is 26.2 Å². The van der Waals surface area contributed by atoms with E-state index < -0.39 is 17.7 Å². The molecule has 8 heteroatoms. The second-order valence-corrected chi connectivity index (χ2v) is 6.41. The van der Waals surface area contributed by atoms with Crippen LogP contribution in [0, 0.1) is 11.7 Å². The number of carboxylic acids is 1. The number of carbonyl (C=O) groups excluding carboxylic acids is 2. The van der Waals surface area contributed by atoms with Crippen LogP contribution in [0.3, 0.4) is 0 Å². The molecule has 27 heavy (non-hydrogen) atoms. The van der Waals surface area contributed by atoms with Crippen LogP contribution in [0.2, 0.25) is 0 Å². The van der Waals surface area contributed by atoms with E-state index in [0.717, 1.165) is 12.5 Å². The van der Waals surface area contributed by atoms with Gasteiger partial charge in [0.1, 0.15) is 5.82 Å². The van der Waals surface area contributed by atoms with Crippen molar-refractivity contribution in [1.29, 1.82) is 0 Å². The number of halogens is 1. The molecule has 1 fully saturated rings. The lowest BCUT2D eigenvalue weighted by Crippen LogP contribution is -2.43. The van der Waals surface area contributed by atoms with Gasteiger partial charge in [0.05, 0.1) is 11.1 Å². The Morgan fingerprint density at radius 1 is 1.30 bits per heavy atom. The Labute approximate surface area is 157 Å². The summed E-state index contributed by atoms with van der Waals surface area (Å²) < 4.78 is 19.3. The van der Waals surface area contributed by atoms with Gasteiger partial charge < -0.3 is 20.1 Å². The van der Waals surface area contributed by atoms with E-state index in [-0.39, 0.29) is 23.0 Å². The van der Waals surface area contributed by atoms with Crippen LogP contribution in [-0.2, 0) is 9.53 Å². The number of hydrogen-bond donors (Lipinski definition) is 2. The highest BCUT2D eigenvalue weighted by Gasteiger charge is 2.28. The lowest BCUT2D eigenvalue weighted by molar-refractivity contribution is -0.126. The first-order valence-electron chi connectivity index (χ1n) is 9.11. The maximum absolute atomic E-state index is 14.1. The fourth-order valence-electron chi connectivity index (χ4n) is 3.01. The molecule has 7 nitrogen and oxygen atoms in total. The third-order valence-electron chi connectivity index (χ3n) is 4.57. The zero-order chi connectivity index (χ0) is 19.8. The van der Waals surface area contributed by atoms with Gasteiger partial charge in [-0.05, 0) is 44.4 Å². The molecule has 2 amide bonds. The number of benzene rings is 1. The van der Waals surface area contributed by atoms with Crippen molar-refractivity contribution < 1.29 is 28.6 Å². The highest BCUT2D eigenvalue weighted by Crippen LogP contribution is 2.21. The van der Waals surface area contributed by atoms with Gasteiger partial charge in [0.25, 0.3) is 5.91 Å². The first kappa shape index (κ1) is 20.8. The monoisotopic (exact) mass is 380 g/mol. The van der Waals surface area contributed by atoms with Crippen LogP contribution in [0.1, 0.15) is 46.9 Å². The summed E-state index contributed by atoms with van der Waals surface area (Å²) in [4.78, 5) is 37.0. The number of nitrogens with zero attached hydrogens (tertiary/aromatic N) is 1. The average molecular weight is 380 g/mol. The van der Waals surface area contributed by atoms with E-state index in [0.29, 0.717) is 45.7 Å². The number of nitrogens with one attached hydrogen (secondary N) is 1. The highest BCUT2D eigenvalue weighted by atomic mass is 19.1. The fourth-order valence-corrected chi connectivity index (χ4v) is 3.01. The number of aromatic carboxylic acids is 1. The second kappa shape index (κ2) is 10.0. The van der Waals surface area contributed by atoms with Gasteiger partial charge >= 0.3 is 5.97 Å². The van der Waals surface area contributed by atoms with E-state index in [1.807, 2.05) is 6.92 Å². The second-order valence-electron chi connectivity index (χ2n) is 6.41. The van der Waals surface area contributed by atoms with Crippen molar-refractivity contribution in [3.05, 3.63) is 35.1 Å². The van der Waals surface area contributed by atoms with Crippen LogP contribution in [0.4, 0.5) is 4.39 Å². The Bertz CT molecular complexity index is 687. The largest absolute Gasteiger partial charge is 0.478 e. The number of rotatable bonds is 8. The summed E-state index contributed by atoms with van der Waals surface area (Å²) in [5, 5.41) is 11.7. The van der Waals surface area contributed by atoms with Crippen molar-refractivity contribution in [2.75, 3.05) is 32.8 Å². The van der Waals surface area contributed by atoms with Crippen LogP contribution < -0.4 is 5.32 Å². The molecule has 1 saturated heterocycles. The SMILES string of the molecule is CCOCCCNC(=O)C1CCN(C(=O)c2ccc(C(=O)O)cc2F)CC1. The molecule has 0 radical (unpaired) electrons. The third kappa shape index (κ3) is 5.75. The van der Waals surface area contributed by atoms with Gasteiger partial charge in [0, 0.05) is 38.8 Å². The molecule has 0 atom stereocenters. The van der Waals surface area contributed by atoms with Gasteiger partial charge in [-0.1, -0.05) is 0 Å². The number of piperidine rings is 1. The van der Waals surface area contributed by atoms with E-state index in [4.69, 9.17) is 9.84 Å². The minimum absolute atomic E-state index is 0.0319. The zero-order valence-electron chi connectivity index (χ0n) is 15.4. The van der Waals surface area contributed by atoms with Crippen LogP contribution in [0.5, 0.6) is 0 Å². The van der Waals surface area contributed by atoms with Crippen molar-refractivity contribution in [2.24, 2.45) is 5.92 Å². The van der Waals surface area contributed by atoms with Gasteiger partial charge in [-0.25, -0.2) is 9.18 Å². The number of carbonyl (C=O) groups is 3. The van der Waals surface area contributed by atoms with E-state index in [1.54, 1.807) is 0 Å². The molecule has 2 N–H and O–H groups in total. The summed E-state index contributed by atoms with van der Waals surface area (Å²) in [7, 11) is 0. The molecule has 1 aliphatic heterocycles. The molecule has 0 bridgehead atoms. The summed E-state index contributed by atoms with van der Waals surface area (Å²) >= 11 is 0. The first-order chi connectivity index (χ1) is 12.9. The molecule has 1 heterocycles. The molecule has 148 valence electrons. The minimum Gasteiger partial charge on any atom is -0.478 e. The normalized spacial score (nSPS) is 14.8. The van der Waals surface area contributed by atoms with Crippen LogP contribution in [0.15, 0.2) is 18.2 Å². The Kier molecular flexibility index (Phi) is 7.72. The smallest absolute Gasteiger partial charge is 0.335 e.